The van der Waals surface area contributed by atoms with Crippen LogP contribution in [-0.4, -0.2) is 40.7 Å². The van der Waals surface area contributed by atoms with Gasteiger partial charge >= 0.3 is 0 Å². The van der Waals surface area contributed by atoms with Gasteiger partial charge in [0.15, 0.2) is 0 Å². The van der Waals surface area contributed by atoms with Crippen LogP contribution in [0.3, 0.4) is 0 Å². The number of hydrogen-bond donors (Lipinski definition) is 1. The van der Waals surface area contributed by atoms with Crippen LogP contribution >= 0.6 is 0 Å². The maximum absolute atomic E-state index is 12.2. The highest BCUT2D eigenvalue weighted by Crippen LogP contribution is 2.50. The van der Waals surface area contributed by atoms with Crippen LogP contribution < -0.4 is 5.32 Å². The molecule has 116 valence electrons. The summed E-state index contributed by atoms with van der Waals surface area (Å²) in [5, 5.41) is 7.29. The summed E-state index contributed by atoms with van der Waals surface area (Å²) in [7, 11) is 3.74. The van der Waals surface area contributed by atoms with Gasteiger partial charge in [0.1, 0.15) is 0 Å². The van der Waals surface area contributed by atoms with Crippen LogP contribution in [0.1, 0.15) is 36.9 Å². The predicted molar refractivity (Wildman–Crippen MR) is 81.7 cm³/mol. The number of rotatable bonds is 3. The van der Waals surface area contributed by atoms with Gasteiger partial charge in [-0.1, -0.05) is 6.42 Å². The molecule has 1 aromatic rings. The Kier molecular flexibility index (Phi) is 3.78. The molecule has 0 aromatic carbocycles. The van der Waals surface area contributed by atoms with Gasteiger partial charge in [0.25, 0.3) is 0 Å². The van der Waals surface area contributed by atoms with E-state index in [1.807, 2.05) is 11.7 Å². The van der Waals surface area contributed by atoms with Gasteiger partial charge in [-0.25, -0.2) is 0 Å². The summed E-state index contributed by atoms with van der Waals surface area (Å²) in [6.45, 7) is 5.19. The molecular weight excluding hydrogens is 264 g/mol. The quantitative estimate of drug-likeness (QED) is 0.917. The zero-order chi connectivity index (χ0) is 15.0. The molecule has 2 heterocycles. The second-order valence-corrected chi connectivity index (χ2v) is 6.80. The number of aromatic nitrogens is 2. The van der Waals surface area contributed by atoms with Crippen molar-refractivity contribution in [1.29, 1.82) is 0 Å². The van der Waals surface area contributed by atoms with Crippen LogP contribution in [0.5, 0.6) is 0 Å². The zero-order valence-electron chi connectivity index (χ0n) is 13.4. The summed E-state index contributed by atoms with van der Waals surface area (Å²) in [5.74, 6) is 0.453. The second-order valence-electron chi connectivity index (χ2n) is 6.80. The normalized spacial score (nSPS) is 29.4. The average Bonchev–Trinajstić information content (AvgIpc) is 3.12. The summed E-state index contributed by atoms with van der Waals surface area (Å²) < 4.78 is 1.89. The molecular formula is C16H26N4O. The van der Waals surface area contributed by atoms with Crippen LogP contribution in [0, 0.1) is 18.3 Å². The van der Waals surface area contributed by atoms with Crippen molar-refractivity contribution < 1.29 is 4.79 Å². The number of likely N-dealkylation sites (tertiary alicyclic amines) is 1. The minimum Gasteiger partial charge on any atom is -0.359 e. The lowest BCUT2D eigenvalue weighted by molar-refractivity contribution is -0.127. The molecule has 1 amide bonds. The van der Waals surface area contributed by atoms with Gasteiger partial charge in [-0.05, 0) is 38.1 Å². The predicted octanol–water partition coefficient (Wildman–Crippen LogP) is 1.47. The highest BCUT2D eigenvalue weighted by Gasteiger charge is 2.49. The second kappa shape index (κ2) is 5.44. The lowest BCUT2D eigenvalue weighted by Gasteiger charge is -2.30. The number of carbonyl (C=O) groups excluding carboxylic acids is 1. The summed E-state index contributed by atoms with van der Waals surface area (Å²) in [4.78, 5) is 14.7. The Balaban J connectivity index is 1.70. The van der Waals surface area contributed by atoms with Crippen LogP contribution in [0.25, 0.3) is 0 Å². The molecule has 5 heteroatoms. The van der Waals surface area contributed by atoms with Crippen molar-refractivity contribution in [3.63, 3.8) is 0 Å². The van der Waals surface area contributed by atoms with E-state index in [4.69, 9.17) is 0 Å². The first-order chi connectivity index (χ1) is 10.0. The first kappa shape index (κ1) is 14.6. The third-order valence-corrected chi connectivity index (χ3v) is 5.44. The Labute approximate surface area is 126 Å². The Morgan fingerprint density at radius 1 is 1.52 bits per heavy atom. The fraction of sp³-hybridized carbons (Fsp3) is 0.750. The molecule has 3 rings (SSSR count). The lowest BCUT2D eigenvalue weighted by Crippen LogP contribution is -2.39. The maximum atomic E-state index is 12.2. The third kappa shape index (κ3) is 2.59. The highest BCUT2D eigenvalue weighted by atomic mass is 16.1. The lowest BCUT2D eigenvalue weighted by atomic mass is 9.76. The van der Waals surface area contributed by atoms with Gasteiger partial charge in [-0.2, -0.15) is 5.10 Å². The van der Waals surface area contributed by atoms with Crippen molar-refractivity contribution in [2.24, 2.45) is 18.4 Å². The largest absolute Gasteiger partial charge is 0.359 e. The van der Waals surface area contributed by atoms with Crippen LogP contribution in [0.4, 0.5) is 0 Å². The molecule has 21 heavy (non-hydrogen) atoms. The van der Waals surface area contributed by atoms with E-state index >= 15 is 0 Å². The molecule has 1 saturated carbocycles. The number of hydrogen-bond acceptors (Lipinski definition) is 3. The van der Waals surface area contributed by atoms with Crippen LogP contribution in [0.15, 0.2) is 6.20 Å². The molecule has 2 atom stereocenters. The molecule has 2 aliphatic rings. The van der Waals surface area contributed by atoms with Crippen molar-refractivity contribution in [3.8, 4) is 0 Å². The molecule has 1 aliphatic heterocycles. The molecule has 1 N–H and O–H groups in total. The van der Waals surface area contributed by atoms with E-state index in [0.29, 0.717) is 0 Å². The van der Waals surface area contributed by atoms with E-state index in [1.165, 1.54) is 18.4 Å². The Hall–Kier alpha value is -1.36. The number of aryl methyl sites for hydroxylation is 2. The molecule has 5 nitrogen and oxygen atoms in total. The van der Waals surface area contributed by atoms with E-state index < -0.39 is 0 Å². The molecule has 1 saturated heterocycles. The number of nitrogens with one attached hydrogen (secondary N) is 1. The van der Waals surface area contributed by atoms with Crippen molar-refractivity contribution in [2.75, 3.05) is 20.1 Å². The molecule has 2 fully saturated rings. The Morgan fingerprint density at radius 3 is 3.00 bits per heavy atom. The summed E-state index contributed by atoms with van der Waals surface area (Å²) >= 11 is 0. The van der Waals surface area contributed by atoms with Gasteiger partial charge in [0, 0.05) is 44.9 Å². The minimum absolute atomic E-state index is 0.211. The fourth-order valence-corrected chi connectivity index (χ4v) is 4.37. The van der Waals surface area contributed by atoms with E-state index in [2.05, 4.69) is 28.4 Å². The van der Waals surface area contributed by atoms with Gasteiger partial charge in [0.05, 0.1) is 5.69 Å². The Bertz CT molecular complexity index is 538. The van der Waals surface area contributed by atoms with E-state index in [9.17, 15) is 4.79 Å². The highest BCUT2D eigenvalue weighted by molar-refractivity contribution is 5.79. The van der Waals surface area contributed by atoms with Gasteiger partial charge < -0.3 is 5.32 Å². The molecule has 1 aromatic heterocycles. The SMILES string of the molecule is CNC(=O)[C@@H]1CCC[C@@]12CCN(Cc1cn(C)nc1C)C2. The number of nitrogens with zero attached hydrogens (tertiary/aromatic N) is 3. The zero-order valence-corrected chi connectivity index (χ0v) is 13.4. The minimum atomic E-state index is 0.211. The molecule has 0 bridgehead atoms. The molecule has 1 spiro atoms. The standard InChI is InChI=1S/C16H26N4O/c1-12-13(9-19(3)18-12)10-20-8-7-16(11-20)6-4-5-14(16)15(21)17-2/h9,14H,4-8,10-11H2,1-3H3,(H,17,21)/t14-,16-/m0/s1. The first-order valence-electron chi connectivity index (χ1n) is 7.97. The van der Waals surface area contributed by atoms with Crippen molar-refractivity contribution in [1.82, 2.24) is 20.0 Å². The van der Waals surface area contributed by atoms with Gasteiger partial charge in [-0.3, -0.25) is 14.4 Å². The first-order valence-corrected chi connectivity index (χ1v) is 7.97. The van der Waals surface area contributed by atoms with Crippen molar-refractivity contribution in [3.05, 3.63) is 17.5 Å². The molecule has 1 aliphatic carbocycles. The topological polar surface area (TPSA) is 50.2 Å². The monoisotopic (exact) mass is 290 g/mol. The van der Waals surface area contributed by atoms with E-state index in [0.717, 1.165) is 38.2 Å². The number of carbonyl (C=O) groups is 1. The average molecular weight is 290 g/mol. The van der Waals surface area contributed by atoms with Crippen LogP contribution in [0.2, 0.25) is 0 Å². The summed E-state index contributed by atoms with van der Waals surface area (Å²) in [6.07, 6.45) is 6.72. The third-order valence-electron chi connectivity index (χ3n) is 5.44. The van der Waals surface area contributed by atoms with Gasteiger partial charge in [0.2, 0.25) is 5.91 Å². The van der Waals surface area contributed by atoms with Gasteiger partial charge in [-0.15, -0.1) is 0 Å². The van der Waals surface area contributed by atoms with Crippen molar-refractivity contribution >= 4 is 5.91 Å². The fourth-order valence-electron chi connectivity index (χ4n) is 4.37. The molecule has 0 unspecified atom stereocenters. The summed E-state index contributed by atoms with van der Waals surface area (Å²) in [5.41, 5.74) is 2.65. The van der Waals surface area contributed by atoms with Crippen LogP contribution in [-0.2, 0) is 18.4 Å². The van der Waals surface area contributed by atoms with E-state index in [-0.39, 0.29) is 17.2 Å². The number of amides is 1. The summed E-state index contributed by atoms with van der Waals surface area (Å²) in [6, 6.07) is 0. The molecule has 0 radical (unpaired) electrons. The Morgan fingerprint density at radius 2 is 2.33 bits per heavy atom. The maximum Gasteiger partial charge on any atom is 0.223 e. The van der Waals surface area contributed by atoms with E-state index in [1.54, 1.807) is 7.05 Å². The smallest absolute Gasteiger partial charge is 0.223 e. The van der Waals surface area contributed by atoms with Crippen molar-refractivity contribution in [2.45, 2.75) is 39.2 Å².